The molecule has 4 aromatic rings. The normalized spacial score (nSPS) is 17.7. The largest absolute Gasteiger partial charge is 0.388 e. The Bertz CT molecular complexity index is 1720. The van der Waals surface area contributed by atoms with Gasteiger partial charge in [-0.15, -0.1) is 0 Å². The second kappa shape index (κ2) is 12.3. The number of hydrogen-bond acceptors (Lipinski definition) is 7. The van der Waals surface area contributed by atoms with Crippen molar-refractivity contribution in [2.75, 3.05) is 10.6 Å². The maximum atomic E-state index is 13.9. The predicted molar refractivity (Wildman–Crippen MR) is 157 cm³/mol. The highest BCUT2D eigenvalue weighted by Crippen LogP contribution is 2.35. The van der Waals surface area contributed by atoms with Crippen molar-refractivity contribution in [2.45, 2.75) is 38.8 Å². The summed E-state index contributed by atoms with van der Waals surface area (Å²) in [6.07, 6.45) is 7.02. The Balaban J connectivity index is 1.60. The third-order valence-electron chi connectivity index (χ3n) is 6.99. The van der Waals surface area contributed by atoms with Crippen LogP contribution < -0.4 is 21.9 Å². The Morgan fingerprint density at radius 1 is 1.19 bits per heavy atom. The standard InChI is InChI=1S/C28H26Cl2F2N8O2/c1-15-3-2-4-23(21-9-16(7-8-34-21)26-22(38-27(15)42)12-37-40(26)28(31)32)39-14-36-20(11-25(39)41)18-10-17(29)5-6-19(18)35-13-24(30)33/h5-15,23,28,35H,2-4,33H2,1H3,(H,38,42)/b24-13-. The monoisotopic (exact) mass is 614 g/mol. The molecule has 42 heavy (non-hydrogen) atoms. The number of nitrogens with two attached hydrogens (primary N) is 1. The van der Waals surface area contributed by atoms with Gasteiger partial charge >= 0.3 is 6.55 Å². The molecular weight excluding hydrogens is 589 g/mol. The van der Waals surface area contributed by atoms with Crippen LogP contribution in [0.25, 0.3) is 22.5 Å². The van der Waals surface area contributed by atoms with Crippen molar-refractivity contribution in [1.82, 2.24) is 24.3 Å². The molecule has 0 saturated heterocycles. The fourth-order valence-corrected chi connectivity index (χ4v) is 5.12. The molecule has 1 aliphatic heterocycles. The SMILES string of the molecule is CC1CCCC(n2cnc(-c3cc(Cl)ccc3N/C=C(\N)Cl)cc2=O)c2cc(ccn2)-c2c(cnn2C(F)F)NC1=O. The number of alkyl halides is 2. The van der Waals surface area contributed by atoms with E-state index in [-0.39, 0.29) is 28.0 Å². The molecule has 4 N–H and O–H groups in total. The zero-order valence-corrected chi connectivity index (χ0v) is 23.8. The average molecular weight is 615 g/mol. The van der Waals surface area contributed by atoms with Gasteiger partial charge in [0.2, 0.25) is 5.91 Å². The molecule has 218 valence electrons. The van der Waals surface area contributed by atoms with Crippen LogP contribution in [0.4, 0.5) is 20.2 Å². The van der Waals surface area contributed by atoms with E-state index >= 15 is 0 Å². The van der Waals surface area contributed by atoms with Crippen LogP contribution in [-0.4, -0.2) is 30.2 Å². The number of aromatic nitrogens is 5. The van der Waals surface area contributed by atoms with Crippen LogP contribution in [0.3, 0.4) is 0 Å². The fourth-order valence-electron chi connectivity index (χ4n) is 4.89. The van der Waals surface area contributed by atoms with E-state index in [1.54, 1.807) is 37.3 Å². The summed E-state index contributed by atoms with van der Waals surface area (Å²) in [5, 5.41) is 9.98. The molecule has 0 saturated carbocycles. The van der Waals surface area contributed by atoms with E-state index in [9.17, 15) is 18.4 Å². The number of carbonyl (C=O) groups is 1. The molecule has 0 radical (unpaired) electrons. The van der Waals surface area contributed by atoms with E-state index < -0.39 is 18.5 Å². The number of rotatable bonds is 5. The average Bonchev–Trinajstić information content (AvgIpc) is 3.38. The van der Waals surface area contributed by atoms with E-state index in [0.717, 1.165) is 0 Å². The van der Waals surface area contributed by atoms with Crippen LogP contribution in [0.15, 0.2) is 71.3 Å². The van der Waals surface area contributed by atoms with Crippen molar-refractivity contribution in [2.24, 2.45) is 11.7 Å². The zero-order valence-electron chi connectivity index (χ0n) is 22.3. The van der Waals surface area contributed by atoms with Gasteiger partial charge in [-0.2, -0.15) is 13.9 Å². The van der Waals surface area contributed by atoms with E-state index in [2.05, 4.69) is 25.7 Å². The highest BCUT2D eigenvalue weighted by atomic mass is 35.5. The molecule has 0 aliphatic carbocycles. The molecule has 0 spiro atoms. The molecule has 5 rings (SSSR count). The first kappa shape index (κ1) is 29.2. The molecule has 1 amide bonds. The molecule has 10 nitrogen and oxygen atoms in total. The third kappa shape index (κ3) is 6.14. The highest BCUT2D eigenvalue weighted by Gasteiger charge is 2.26. The number of amides is 1. The molecule has 2 atom stereocenters. The van der Waals surface area contributed by atoms with E-state index in [1.807, 2.05) is 0 Å². The Hall–Kier alpha value is -4.29. The first-order chi connectivity index (χ1) is 20.1. The predicted octanol–water partition coefficient (Wildman–Crippen LogP) is 5.97. The van der Waals surface area contributed by atoms with E-state index in [0.29, 0.717) is 57.2 Å². The van der Waals surface area contributed by atoms with E-state index in [4.69, 9.17) is 28.9 Å². The van der Waals surface area contributed by atoms with Crippen LogP contribution in [-0.2, 0) is 4.79 Å². The Morgan fingerprint density at radius 3 is 2.74 bits per heavy atom. The lowest BCUT2D eigenvalue weighted by molar-refractivity contribution is -0.119. The van der Waals surface area contributed by atoms with E-state index in [1.165, 1.54) is 35.6 Å². The van der Waals surface area contributed by atoms with Crippen molar-refractivity contribution in [3.05, 3.63) is 87.5 Å². The summed E-state index contributed by atoms with van der Waals surface area (Å²) in [6, 6.07) is 9.01. The number of nitrogens with one attached hydrogen (secondary N) is 2. The van der Waals surface area contributed by atoms with Gasteiger partial charge in [0.15, 0.2) is 0 Å². The number of anilines is 2. The smallest absolute Gasteiger partial charge is 0.333 e. The molecular formula is C28H26Cl2F2N8O2. The lowest BCUT2D eigenvalue weighted by atomic mass is 9.97. The topological polar surface area (TPSA) is 133 Å². The summed E-state index contributed by atoms with van der Waals surface area (Å²) in [7, 11) is 0. The first-order valence-electron chi connectivity index (χ1n) is 13.0. The fraction of sp³-hybridized carbons (Fsp3) is 0.250. The number of benzene rings is 1. The van der Waals surface area contributed by atoms with Crippen LogP contribution >= 0.6 is 23.2 Å². The van der Waals surface area contributed by atoms with Gasteiger partial charge in [0, 0.05) is 46.2 Å². The molecule has 14 heteroatoms. The number of pyridine rings is 1. The lowest BCUT2D eigenvalue weighted by Gasteiger charge is -2.22. The van der Waals surface area contributed by atoms with Crippen LogP contribution in [0.2, 0.25) is 5.02 Å². The van der Waals surface area contributed by atoms with Crippen LogP contribution in [0.5, 0.6) is 0 Å². The van der Waals surface area contributed by atoms with Gasteiger partial charge in [-0.3, -0.25) is 19.1 Å². The van der Waals surface area contributed by atoms with Gasteiger partial charge in [0.05, 0.1) is 41.3 Å². The molecule has 2 unspecified atom stereocenters. The number of nitrogens with zero attached hydrogens (tertiary/aromatic N) is 5. The molecule has 0 fully saturated rings. The van der Waals surface area contributed by atoms with Gasteiger partial charge < -0.3 is 16.4 Å². The molecule has 3 aromatic heterocycles. The van der Waals surface area contributed by atoms with Gasteiger partial charge in [-0.1, -0.05) is 36.5 Å². The number of fused-ring (bicyclic) bond motifs is 4. The summed E-state index contributed by atoms with van der Waals surface area (Å²) >= 11 is 12.0. The van der Waals surface area contributed by atoms with Gasteiger partial charge in [0.1, 0.15) is 5.16 Å². The molecule has 1 aromatic carbocycles. The first-order valence-corrected chi connectivity index (χ1v) is 13.8. The van der Waals surface area contributed by atoms with Crippen molar-refractivity contribution in [3.8, 4) is 22.5 Å². The summed E-state index contributed by atoms with van der Waals surface area (Å²) in [5.41, 5.74) is 7.70. The maximum absolute atomic E-state index is 13.9. The second-order valence-corrected chi connectivity index (χ2v) is 10.7. The van der Waals surface area contributed by atoms with Gasteiger partial charge in [-0.05, 0) is 43.2 Å². The van der Waals surface area contributed by atoms with Crippen LogP contribution in [0.1, 0.15) is 44.5 Å². The Morgan fingerprint density at radius 2 is 2.00 bits per heavy atom. The quantitative estimate of drug-likeness (QED) is 0.236. The maximum Gasteiger partial charge on any atom is 0.333 e. The minimum Gasteiger partial charge on any atom is -0.388 e. The van der Waals surface area contributed by atoms with Crippen molar-refractivity contribution < 1.29 is 13.6 Å². The van der Waals surface area contributed by atoms with Crippen molar-refractivity contribution in [1.29, 1.82) is 0 Å². The molecule has 1 aliphatic rings. The van der Waals surface area contributed by atoms with Gasteiger partial charge in [0.25, 0.3) is 5.56 Å². The molecule has 4 heterocycles. The summed E-state index contributed by atoms with van der Waals surface area (Å²) in [4.78, 5) is 35.5. The summed E-state index contributed by atoms with van der Waals surface area (Å²) < 4.78 is 29.8. The van der Waals surface area contributed by atoms with Crippen molar-refractivity contribution >= 4 is 40.5 Å². The number of halogens is 4. The Labute approximate surface area is 249 Å². The number of carbonyl (C=O) groups excluding carboxylic acids is 1. The zero-order chi connectivity index (χ0) is 30.0. The molecule has 2 bridgehead atoms. The Kier molecular flexibility index (Phi) is 8.55. The summed E-state index contributed by atoms with van der Waals surface area (Å²) in [6.45, 7) is -1.18. The third-order valence-corrected chi connectivity index (χ3v) is 7.34. The van der Waals surface area contributed by atoms with Gasteiger partial charge in [-0.25, -0.2) is 9.67 Å². The van der Waals surface area contributed by atoms with Crippen molar-refractivity contribution in [3.63, 3.8) is 0 Å². The van der Waals surface area contributed by atoms with Crippen LogP contribution in [0, 0.1) is 5.92 Å². The number of hydrogen-bond donors (Lipinski definition) is 3. The second-order valence-electron chi connectivity index (χ2n) is 9.82. The minimum absolute atomic E-state index is 0.0343. The minimum atomic E-state index is -2.94. The highest BCUT2D eigenvalue weighted by molar-refractivity contribution is 6.31. The lowest BCUT2D eigenvalue weighted by Crippen LogP contribution is -2.27. The summed E-state index contributed by atoms with van der Waals surface area (Å²) in [5.74, 6) is -0.725.